The van der Waals surface area contributed by atoms with E-state index < -0.39 is 11.9 Å². The minimum absolute atomic E-state index is 0.0562. The zero-order valence-corrected chi connectivity index (χ0v) is 11.1. The van der Waals surface area contributed by atoms with Crippen LogP contribution in [-0.4, -0.2) is 43.1 Å². The van der Waals surface area contributed by atoms with Gasteiger partial charge < -0.3 is 20.7 Å². The number of alkyl carbamates (subject to hydrolysis) is 1. The van der Waals surface area contributed by atoms with Gasteiger partial charge in [-0.15, -0.1) is 0 Å². The number of carbonyl (C=O) groups is 2. The average molecular weight is 281 g/mol. The quantitative estimate of drug-likeness (QED) is 0.791. The number of hydrogen-bond acceptors (Lipinski definition) is 4. The summed E-state index contributed by atoms with van der Waals surface area (Å²) in [6, 6.07) is 3.75. The number of nitrogen functional groups attached to an aromatic ring is 1. The molecule has 2 rings (SSSR count). The smallest absolute Gasteiger partial charge is 0.407 e. The van der Waals surface area contributed by atoms with E-state index in [-0.39, 0.29) is 17.6 Å². The zero-order valence-electron chi connectivity index (χ0n) is 11.1. The highest BCUT2D eigenvalue weighted by atomic mass is 19.1. The molecule has 1 aromatic carbocycles. The van der Waals surface area contributed by atoms with Crippen molar-refractivity contribution in [1.29, 1.82) is 0 Å². The lowest BCUT2D eigenvalue weighted by atomic mass is 10.1. The van der Waals surface area contributed by atoms with E-state index in [0.29, 0.717) is 25.1 Å². The Morgan fingerprint density at radius 3 is 2.90 bits per heavy atom. The third-order valence-electron chi connectivity index (χ3n) is 3.23. The Morgan fingerprint density at radius 1 is 1.50 bits per heavy atom. The molecule has 0 saturated carbocycles. The third kappa shape index (κ3) is 2.98. The van der Waals surface area contributed by atoms with Crippen molar-refractivity contribution in [2.45, 2.75) is 12.5 Å². The second-order valence-electron chi connectivity index (χ2n) is 4.61. The van der Waals surface area contributed by atoms with E-state index in [1.165, 1.54) is 25.3 Å². The molecule has 0 radical (unpaired) electrons. The molecule has 1 fully saturated rings. The Bertz CT molecular complexity index is 536. The number of anilines is 1. The molecule has 3 N–H and O–H groups in total. The van der Waals surface area contributed by atoms with Crippen LogP contribution in [0.25, 0.3) is 0 Å². The summed E-state index contributed by atoms with van der Waals surface area (Å²) >= 11 is 0. The number of rotatable bonds is 2. The van der Waals surface area contributed by atoms with E-state index in [1.54, 1.807) is 4.90 Å². The maximum absolute atomic E-state index is 13.1. The van der Waals surface area contributed by atoms with Crippen molar-refractivity contribution in [2.24, 2.45) is 0 Å². The van der Waals surface area contributed by atoms with Crippen LogP contribution in [-0.2, 0) is 4.74 Å². The first-order valence-corrected chi connectivity index (χ1v) is 6.20. The molecule has 1 atom stereocenters. The van der Waals surface area contributed by atoms with E-state index in [9.17, 15) is 14.0 Å². The van der Waals surface area contributed by atoms with E-state index in [0.717, 1.165) is 0 Å². The predicted molar refractivity (Wildman–Crippen MR) is 70.7 cm³/mol. The van der Waals surface area contributed by atoms with Gasteiger partial charge in [-0.2, -0.15) is 0 Å². The molecule has 0 aromatic heterocycles. The maximum atomic E-state index is 13.1. The Balaban J connectivity index is 2.00. The van der Waals surface area contributed by atoms with Gasteiger partial charge in [0.1, 0.15) is 5.82 Å². The molecule has 0 bridgehead atoms. The zero-order chi connectivity index (χ0) is 14.7. The lowest BCUT2D eigenvalue weighted by Crippen LogP contribution is -2.38. The number of benzene rings is 1. The highest BCUT2D eigenvalue weighted by molar-refractivity contribution is 5.95. The number of amides is 2. The fourth-order valence-electron chi connectivity index (χ4n) is 2.15. The average Bonchev–Trinajstić information content (AvgIpc) is 2.89. The first-order valence-electron chi connectivity index (χ1n) is 6.20. The van der Waals surface area contributed by atoms with Gasteiger partial charge in [-0.05, 0) is 24.6 Å². The fourth-order valence-corrected chi connectivity index (χ4v) is 2.15. The molecule has 6 nitrogen and oxygen atoms in total. The van der Waals surface area contributed by atoms with Gasteiger partial charge in [0.05, 0.1) is 18.8 Å². The van der Waals surface area contributed by atoms with Gasteiger partial charge in [0, 0.05) is 18.7 Å². The first-order chi connectivity index (χ1) is 9.51. The van der Waals surface area contributed by atoms with Gasteiger partial charge in [0.2, 0.25) is 0 Å². The number of ether oxygens (including phenoxy) is 1. The number of halogens is 1. The van der Waals surface area contributed by atoms with Gasteiger partial charge in [-0.3, -0.25) is 4.79 Å². The standard InChI is InChI=1S/C13H16FN3O3/c1-20-13(19)16-9-4-5-17(7-9)12(18)8-2-3-10(14)11(15)6-8/h2-3,6,9H,4-5,7,15H2,1H3,(H,16,19). The van der Waals surface area contributed by atoms with E-state index in [4.69, 9.17) is 5.73 Å². The second-order valence-corrected chi connectivity index (χ2v) is 4.61. The summed E-state index contributed by atoms with van der Waals surface area (Å²) in [7, 11) is 1.29. The van der Waals surface area contributed by atoms with Crippen LogP contribution in [0.5, 0.6) is 0 Å². The van der Waals surface area contributed by atoms with Crippen LogP contribution in [0.1, 0.15) is 16.8 Å². The van der Waals surface area contributed by atoms with Crippen molar-refractivity contribution in [2.75, 3.05) is 25.9 Å². The Kier molecular flexibility index (Phi) is 4.07. The normalized spacial score (nSPS) is 17.9. The fraction of sp³-hybridized carbons (Fsp3) is 0.385. The van der Waals surface area contributed by atoms with E-state index in [1.807, 2.05) is 0 Å². The monoisotopic (exact) mass is 281 g/mol. The first kappa shape index (κ1) is 14.1. The maximum Gasteiger partial charge on any atom is 0.407 e. The Hall–Kier alpha value is -2.31. The highest BCUT2D eigenvalue weighted by Gasteiger charge is 2.28. The van der Waals surface area contributed by atoms with Crippen molar-refractivity contribution in [3.05, 3.63) is 29.6 Å². The molecule has 108 valence electrons. The van der Waals surface area contributed by atoms with Crippen molar-refractivity contribution in [3.63, 3.8) is 0 Å². The number of methoxy groups -OCH3 is 1. The topological polar surface area (TPSA) is 84.7 Å². The molecule has 1 aromatic rings. The van der Waals surface area contributed by atoms with Crippen LogP contribution in [0.3, 0.4) is 0 Å². The Labute approximate surface area is 115 Å². The van der Waals surface area contributed by atoms with Crippen molar-refractivity contribution in [1.82, 2.24) is 10.2 Å². The summed E-state index contributed by atoms with van der Waals surface area (Å²) in [5, 5.41) is 2.65. The van der Waals surface area contributed by atoms with Gasteiger partial charge >= 0.3 is 6.09 Å². The number of nitrogens with two attached hydrogens (primary N) is 1. The Morgan fingerprint density at radius 2 is 2.25 bits per heavy atom. The second kappa shape index (κ2) is 5.77. The van der Waals surface area contributed by atoms with Crippen molar-refractivity contribution in [3.8, 4) is 0 Å². The lowest BCUT2D eigenvalue weighted by molar-refractivity contribution is 0.0788. The van der Waals surface area contributed by atoms with E-state index in [2.05, 4.69) is 10.1 Å². The number of likely N-dealkylation sites (tertiary alicyclic amines) is 1. The molecule has 0 spiro atoms. The molecule has 2 amide bonds. The molecule has 1 heterocycles. The van der Waals surface area contributed by atoms with Gasteiger partial charge in [0.25, 0.3) is 5.91 Å². The van der Waals surface area contributed by atoms with Gasteiger partial charge in [-0.1, -0.05) is 0 Å². The highest BCUT2D eigenvalue weighted by Crippen LogP contribution is 2.17. The van der Waals surface area contributed by atoms with Crippen LogP contribution in [0, 0.1) is 5.82 Å². The largest absolute Gasteiger partial charge is 0.453 e. The van der Waals surface area contributed by atoms with Gasteiger partial charge in [-0.25, -0.2) is 9.18 Å². The molecular weight excluding hydrogens is 265 g/mol. The van der Waals surface area contributed by atoms with Crippen molar-refractivity contribution >= 4 is 17.7 Å². The van der Waals surface area contributed by atoms with Crippen LogP contribution < -0.4 is 11.1 Å². The SMILES string of the molecule is COC(=O)NC1CCN(C(=O)c2ccc(F)c(N)c2)C1. The molecule has 1 unspecified atom stereocenters. The number of hydrogen-bond donors (Lipinski definition) is 2. The molecule has 1 aliphatic heterocycles. The lowest BCUT2D eigenvalue weighted by Gasteiger charge is -2.17. The minimum Gasteiger partial charge on any atom is -0.453 e. The number of nitrogens with one attached hydrogen (secondary N) is 1. The summed E-state index contributed by atoms with van der Waals surface area (Å²) in [4.78, 5) is 24.9. The summed E-state index contributed by atoms with van der Waals surface area (Å²) in [6.45, 7) is 0.913. The number of nitrogens with zero attached hydrogens (tertiary/aromatic N) is 1. The summed E-state index contributed by atoms with van der Waals surface area (Å²) in [5.74, 6) is -0.779. The summed E-state index contributed by atoms with van der Waals surface area (Å²) < 4.78 is 17.6. The third-order valence-corrected chi connectivity index (χ3v) is 3.23. The molecule has 1 aliphatic rings. The van der Waals surface area contributed by atoms with Crippen LogP contribution >= 0.6 is 0 Å². The van der Waals surface area contributed by atoms with Crippen LogP contribution in [0.15, 0.2) is 18.2 Å². The molecule has 0 aliphatic carbocycles. The molecule has 20 heavy (non-hydrogen) atoms. The van der Waals surface area contributed by atoms with Gasteiger partial charge in [0.15, 0.2) is 0 Å². The van der Waals surface area contributed by atoms with Crippen LogP contribution in [0.4, 0.5) is 14.9 Å². The minimum atomic E-state index is -0.548. The predicted octanol–water partition coefficient (Wildman–Crippen LogP) is 0.978. The van der Waals surface area contributed by atoms with E-state index >= 15 is 0 Å². The molecule has 7 heteroatoms. The summed E-state index contributed by atoms with van der Waals surface area (Å²) in [6.07, 6.45) is 0.132. The molecular formula is C13H16FN3O3. The van der Waals surface area contributed by atoms with Crippen molar-refractivity contribution < 1.29 is 18.7 Å². The van der Waals surface area contributed by atoms with Crippen LogP contribution in [0.2, 0.25) is 0 Å². The molecule has 1 saturated heterocycles. The summed E-state index contributed by atoms with van der Waals surface area (Å²) in [5.41, 5.74) is 5.73. The number of carbonyl (C=O) groups excluding carboxylic acids is 2.